The van der Waals surface area contributed by atoms with Crippen molar-refractivity contribution in [3.8, 4) is 0 Å². The Morgan fingerprint density at radius 2 is 1.81 bits per heavy atom. The van der Waals surface area contributed by atoms with E-state index in [2.05, 4.69) is 80.4 Å². The van der Waals surface area contributed by atoms with E-state index in [0.29, 0.717) is 18.3 Å². The highest BCUT2D eigenvalue weighted by Crippen LogP contribution is 2.20. The van der Waals surface area contributed by atoms with Crippen molar-refractivity contribution in [1.29, 1.82) is 0 Å². The van der Waals surface area contributed by atoms with E-state index >= 15 is 0 Å². The summed E-state index contributed by atoms with van der Waals surface area (Å²) in [4.78, 5) is 18.0. The Morgan fingerprint density at radius 3 is 2.45 bits per heavy atom. The molecule has 0 bridgehead atoms. The number of allylic oxidation sites excluding steroid dienone is 5. The summed E-state index contributed by atoms with van der Waals surface area (Å²) in [5.41, 5.74) is 10.9. The Bertz CT molecular complexity index is 983. The van der Waals surface area contributed by atoms with Gasteiger partial charge in [-0.25, -0.2) is 0 Å². The molecule has 1 aromatic carbocycles. The molecule has 3 N–H and O–H groups in total. The molecule has 0 radical (unpaired) electrons. The molecule has 1 aliphatic carbocycles. The maximum Gasteiger partial charge on any atom is 0.232 e. The summed E-state index contributed by atoms with van der Waals surface area (Å²) in [5, 5.41) is 3.24. The predicted octanol–water partition coefficient (Wildman–Crippen LogP) is 3.67. The fourth-order valence-electron chi connectivity index (χ4n) is 3.88. The minimum Gasteiger partial charge on any atom is -0.369 e. The number of piperazine rings is 1. The standard InChI is InChI=1S/C24H31N7/c1-3-18-5-9-20(10-6-18)26-24-28-22(27-23(25)29-24)17-30-13-15-31(16-14-30)21-11-7-19(4-2)8-12-21/h4-7,9-12H,3,8,13-17H2,1-2H3,(H3,25,26,27,28,29). The molecule has 2 aromatic rings. The van der Waals surface area contributed by atoms with Crippen LogP contribution in [0, 0.1) is 0 Å². The molecule has 7 nitrogen and oxygen atoms in total. The van der Waals surface area contributed by atoms with Crippen molar-refractivity contribution in [2.24, 2.45) is 0 Å². The van der Waals surface area contributed by atoms with Crippen molar-refractivity contribution in [1.82, 2.24) is 24.8 Å². The molecular weight excluding hydrogens is 386 g/mol. The summed E-state index contributed by atoms with van der Waals surface area (Å²) < 4.78 is 0. The largest absolute Gasteiger partial charge is 0.369 e. The number of anilines is 3. The van der Waals surface area contributed by atoms with Crippen LogP contribution in [0.25, 0.3) is 0 Å². The van der Waals surface area contributed by atoms with Gasteiger partial charge in [-0.3, -0.25) is 4.90 Å². The molecule has 4 rings (SSSR count). The summed E-state index contributed by atoms with van der Waals surface area (Å²) in [6.45, 7) is 8.83. The number of nitrogen functional groups attached to an aromatic ring is 1. The molecule has 7 heteroatoms. The van der Waals surface area contributed by atoms with E-state index in [1.807, 2.05) is 12.1 Å². The number of nitrogens with zero attached hydrogens (tertiary/aromatic N) is 5. The van der Waals surface area contributed by atoms with Gasteiger partial charge in [-0.1, -0.05) is 37.3 Å². The number of nitrogens with one attached hydrogen (secondary N) is 1. The molecule has 0 amide bonds. The summed E-state index contributed by atoms with van der Waals surface area (Å²) in [5.74, 6) is 1.43. The molecule has 162 valence electrons. The number of hydrogen-bond acceptors (Lipinski definition) is 7. The minimum absolute atomic E-state index is 0.244. The van der Waals surface area contributed by atoms with Crippen LogP contribution in [0.15, 0.2) is 59.8 Å². The van der Waals surface area contributed by atoms with Gasteiger partial charge in [0.15, 0.2) is 0 Å². The van der Waals surface area contributed by atoms with Crippen molar-refractivity contribution in [2.45, 2.75) is 33.2 Å². The van der Waals surface area contributed by atoms with Crippen LogP contribution in [0.1, 0.15) is 31.7 Å². The van der Waals surface area contributed by atoms with Crippen LogP contribution in [-0.2, 0) is 13.0 Å². The summed E-state index contributed by atoms with van der Waals surface area (Å²) in [6.07, 6.45) is 11.0. The SMILES string of the molecule is CC=C1C=CC(N2CCN(Cc3nc(N)nc(Nc4ccc(CC)cc4)n3)CC2)=CC1. The first-order valence-corrected chi connectivity index (χ1v) is 11.0. The fourth-order valence-corrected chi connectivity index (χ4v) is 3.88. The summed E-state index contributed by atoms with van der Waals surface area (Å²) in [6, 6.07) is 8.27. The smallest absolute Gasteiger partial charge is 0.232 e. The molecule has 1 fully saturated rings. The third-order valence-corrected chi connectivity index (χ3v) is 5.81. The lowest BCUT2D eigenvalue weighted by Gasteiger charge is -2.37. The number of aromatic nitrogens is 3. The zero-order valence-corrected chi connectivity index (χ0v) is 18.4. The Labute approximate surface area is 184 Å². The van der Waals surface area contributed by atoms with Gasteiger partial charge in [-0.15, -0.1) is 0 Å². The highest BCUT2D eigenvalue weighted by molar-refractivity contribution is 5.54. The second kappa shape index (κ2) is 9.75. The first-order chi connectivity index (χ1) is 15.1. The van der Waals surface area contributed by atoms with Crippen molar-refractivity contribution >= 4 is 17.6 Å². The highest BCUT2D eigenvalue weighted by atomic mass is 15.3. The van der Waals surface area contributed by atoms with Gasteiger partial charge < -0.3 is 16.0 Å². The summed E-state index contributed by atoms with van der Waals surface area (Å²) >= 11 is 0. The Balaban J connectivity index is 1.34. The Hall–Kier alpha value is -3.19. The highest BCUT2D eigenvalue weighted by Gasteiger charge is 2.20. The maximum atomic E-state index is 5.96. The van der Waals surface area contributed by atoms with Crippen LogP contribution < -0.4 is 11.1 Å². The molecule has 0 atom stereocenters. The van der Waals surface area contributed by atoms with Gasteiger partial charge in [0.2, 0.25) is 11.9 Å². The molecule has 0 spiro atoms. The number of nitrogens with two attached hydrogens (primary N) is 1. The Morgan fingerprint density at radius 1 is 1.03 bits per heavy atom. The van der Waals surface area contributed by atoms with E-state index in [1.165, 1.54) is 16.8 Å². The lowest BCUT2D eigenvalue weighted by molar-refractivity contribution is 0.152. The predicted molar refractivity (Wildman–Crippen MR) is 126 cm³/mol. The third kappa shape index (κ3) is 5.49. The van der Waals surface area contributed by atoms with Gasteiger partial charge in [-0.2, -0.15) is 15.0 Å². The fraction of sp³-hybridized carbons (Fsp3) is 0.375. The molecule has 1 aromatic heterocycles. The second-order valence-corrected chi connectivity index (χ2v) is 7.90. The van der Waals surface area contributed by atoms with Crippen LogP contribution in [0.2, 0.25) is 0 Å². The van der Waals surface area contributed by atoms with Gasteiger partial charge >= 0.3 is 0 Å². The lowest BCUT2D eigenvalue weighted by Crippen LogP contribution is -2.45. The number of hydrogen-bond donors (Lipinski definition) is 2. The van der Waals surface area contributed by atoms with Crippen LogP contribution in [0.5, 0.6) is 0 Å². The molecule has 2 aliphatic rings. The minimum atomic E-state index is 0.244. The monoisotopic (exact) mass is 417 g/mol. The molecule has 0 saturated carbocycles. The lowest BCUT2D eigenvalue weighted by atomic mass is 10.0. The molecule has 0 unspecified atom stereocenters. The van der Waals surface area contributed by atoms with Crippen molar-refractivity contribution in [3.05, 3.63) is 71.2 Å². The number of rotatable bonds is 6. The zero-order chi connectivity index (χ0) is 21.6. The van der Waals surface area contributed by atoms with Crippen LogP contribution >= 0.6 is 0 Å². The van der Waals surface area contributed by atoms with E-state index < -0.39 is 0 Å². The van der Waals surface area contributed by atoms with E-state index in [9.17, 15) is 0 Å². The van der Waals surface area contributed by atoms with E-state index in [-0.39, 0.29) is 5.95 Å². The van der Waals surface area contributed by atoms with Crippen LogP contribution in [-0.4, -0.2) is 50.9 Å². The van der Waals surface area contributed by atoms with Crippen molar-refractivity contribution in [3.63, 3.8) is 0 Å². The van der Waals surface area contributed by atoms with E-state index in [4.69, 9.17) is 5.73 Å². The summed E-state index contributed by atoms with van der Waals surface area (Å²) in [7, 11) is 0. The van der Waals surface area contributed by atoms with E-state index in [1.54, 1.807) is 0 Å². The van der Waals surface area contributed by atoms with Gasteiger partial charge in [0.1, 0.15) is 5.82 Å². The van der Waals surface area contributed by atoms with Gasteiger partial charge in [-0.05, 0) is 49.1 Å². The van der Waals surface area contributed by atoms with E-state index in [0.717, 1.165) is 44.7 Å². The molecule has 1 saturated heterocycles. The maximum absolute atomic E-state index is 5.96. The number of benzene rings is 1. The van der Waals surface area contributed by atoms with Crippen LogP contribution in [0.4, 0.5) is 17.6 Å². The van der Waals surface area contributed by atoms with Gasteiger partial charge in [0.05, 0.1) is 6.54 Å². The van der Waals surface area contributed by atoms with Gasteiger partial charge in [0.25, 0.3) is 0 Å². The number of aryl methyl sites for hydroxylation is 1. The first kappa shape index (κ1) is 21.1. The molecule has 1 aliphatic heterocycles. The van der Waals surface area contributed by atoms with Crippen molar-refractivity contribution < 1.29 is 0 Å². The first-order valence-electron chi connectivity index (χ1n) is 11.0. The van der Waals surface area contributed by atoms with Crippen molar-refractivity contribution in [2.75, 3.05) is 37.2 Å². The zero-order valence-electron chi connectivity index (χ0n) is 18.4. The average molecular weight is 418 g/mol. The molecule has 31 heavy (non-hydrogen) atoms. The normalized spacial score (nSPS) is 18.3. The van der Waals surface area contributed by atoms with Crippen LogP contribution in [0.3, 0.4) is 0 Å². The molecule has 2 heterocycles. The van der Waals surface area contributed by atoms with Gasteiger partial charge in [0, 0.05) is 37.6 Å². The average Bonchev–Trinajstić information content (AvgIpc) is 2.80. The quantitative estimate of drug-likeness (QED) is 0.742. The second-order valence-electron chi connectivity index (χ2n) is 7.90. The third-order valence-electron chi connectivity index (χ3n) is 5.81. The molecular formula is C24H31N7. The topological polar surface area (TPSA) is 83.2 Å². The Kier molecular flexibility index (Phi) is 6.62.